The summed E-state index contributed by atoms with van der Waals surface area (Å²) in [5.74, 6) is -0.943. The fourth-order valence-corrected chi connectivity index (χ4v) is 6.68. The molecule has 0 aliphatic heterocycles. The van der Waals surface area contributed by atoms with Crippen LogP contribution in [0, 0.1) is 17.3 Å². The number of alkyl halides is 1. The van der Waals surface area contributed by atoms with Crippen molar-refractivity contribution < 1.29 is 34.3 Å². The first-order valence-electron chi connectivity index (χ1n) is 13.4. The Morgan fingerprint density at radius 1 is 1.26 bits per heavy atom. The molecule has 0 spiro atoms. The normalized spacial score (nSPS) is 22.9. The average Bonchev–Trinajstić information content (AvgIpc) is 3.40. The zero-order valence-corrected chi connectivity index (χ0v) is 23.5. The standard InChI is InChI=1S/C29H40ClFO6S/c1-2-29(16-32,17-33)18-37-26(36)12-6-4-3-5-9-20-19(22(31)15-24(20)35)13-14-23(34)28-27(30)21-10-7-8-11-25(21)38-28/h3,5,7-8,10-11,19-20,22-24,32-35H,2,4,6,9,12-18H2,1H3/b5-3+/t19-,20-,22+,23?,24+/m1/s1. The second-order valence-electron chi connectivity index (χ2n) is 10.4. The Labute approximate surface area is 233 Å². The first-order valence-corrected chi connectivity index (χ1v) is 14.6. The van der Waals surface area contributed by atoms with E-state index in [1.807, 2.05) is 43.3 Å². The maximum atomic E-state index is 14.8. The lowest BCUT2D eigenvalue weighted by atomic mass is 9.86. The zero-order chi connectivity index (χ0) is 27.7. The molecule has 5 atom stereocenters. The minimum atomic E-state index is -1.11. The van der Waals surface area contributed by atoms with E-state index in [4.69, 9.17) is 16.3 Å². The fourth-order valence-electron chi connectivity index (χ4n) is 5.10. The molecule has 0 amide bonds. The van der Waals surface area contributed by atoms with Gasteiger partial charge in [0.1, 0.15) is 12.8 Å². The van der Waals surface area contributed by atoms with Crippen LogP contribution in [0.3, 0.4) is 0 Å². The van der Waals surface area contributed by atoms with Gasteiger partial charge in [0.2, 0.25) is 0 Å². The number of thiophene rings is 1. The molecule has 1 fully saturated rings. The van der Waals surface area contributed by atoms with Crippen molar-refractivity contribution in [2.45, 2.75) is 76.7 Å². The Kier molecular flexibility index (Phi) is 12.0. The van der Waals surface area contributed by atoms with Gasteiger partial charge >= 0.3 is 5.97 Å². The van der Waals surface area contributed by atoms with Gasteiger partial charge in [0.15, 0.2) is 0 Å². The van der Waals surface area contributed by atoms with E-state index < -0.39 is 23.8 Å². The Balaban J connectivity index is 1.43. The summed E-state index contributed by atoms with van der Waals surface area (Å²) in [6, 6.07) is 7.72. The lowest BCUT2D eigenvalue weighted by molar-refractivity contribution is -0.149. The summed E-state index contributed by atoms with van der Waals surface area (Å²) in [5.41, 5.74) is -0.803. The van der Waals surface area contributed by atoms with Gasteiger partial charge < -0.3 is 25.2 Å². The van der Waals surface area contributed by atoms with Crippen LogP contribution < -0.4 is 0 Å². The third kappa shape index (κ3) is 7.77. The van der Waals surface area contributed by atoms with E-state index in [1.165, 1.54) is 11.3 Å². The van der Waals surface area contributed by atoms with E-state index in [-0.39, 0.29) is 50.5 Å². The Bertz CT molecular complexity index is 1050. The topological polar surface area (TPSA) is 107 Å². The van der Waals surface area contributed by atoms with Crippen LogP contribution in [0.4, 0.5) is 4.39 Å². The molecule has 1 aromatic heterocycles. The third-order valence-electron chi connectivity index (χ3n) is 7.90. The summed E-state index contributed by atoms with van der Waals surface area (Å²) in [5, 5.41) is 41.6. The molecule has 0 bridgehead atoms. The molecule has 1 saturated carbocycles. The van der Waals surface area contributed by atoms with E-state index in [0.29, 0.717) is 48.4 Å². The number of allylic oxidation sites excluding steroid dienone is 2. The molecule has 212 valence electrons. The summed E-state index contributed by atoms with van der Waals surface area (Å²) < 4.78 is 21.0. The van der Waals surface area contributed by atoms with Gasteiger partial charge in [0.05, 0.1) is 40.7 Å². The van der Waals surface area contributed by atoms with Crippen molar-refractivity contribution in [3.63, 3.8) is 0 Å². The number of fused-ring (bicyclic) bond motifs is 1. The minimum absolute atomic E-state index is 0.0136. The molecule has 1 unspecified atom stereocenters. The number of carbonyl (C=O) groups is 1. The van der Waals surface area contributed by atoms with E-state index in [2.05, 4.69) is 0 Å². The molecule has 0 saturated heterocycles. The van der Waals surface area contributed by atoms with Gasteiger partial charge in [-0.15, -0.1) is 11.3 Å². The van der Waals surface area contributed by atoms with Crippen LogP contribution in [-0.4, -0.2) is 58.5 Å². The van der Waals surface area contributed by atoms with Crippen LogP contribution in [0.15, 0.2) is 36.4 Å². The SMILES string of the molecule is CCC(CO)(CO)COC(=O)CCC/C=C/C[C@@H]1[C@@H](CCC(O)c2sc3ccccc3c2Cl)[C@@H](F)C[C@@H]1O. The first-order chi connectivity index (χ1) is 18.2. The van der Waals surface area contributed by atoms with Crippen molar-refractivity contribution >= 4 is 39.0 Å². The molecule has 9 heteroatoms. The van der Waals surface area contributed by atoms with Crippen molar-refractivity contribution in [1.29, 1.82) is 0 Å². The van der Waals surface area contributed by atoms with Crippen LogP contribution in [0.1, 0.15) is 69.3 Å². The van der Waals surface area contributed by atoms with E-state index in [9.17, 15) is 29.6 Å². The van der Waals surface area contributed by atoms with Gasteiger partial charge in [-0.05, 0) is 56.4 Å². The van der Waals surface area contributed by atoms with Crippen LogP contribution in [0.5, 0.6) is 0 Å². The molecule has 1 aliphatic rings. The fraction of sp³-hybridized carbons (Fsp3) is 0.621. The van der Waals surface area contributed by atoms with E-state index in [0.717, 1.165) is 10.1 Å². The highest BCUT2D eigenvalue weighted by Gasteiger charge is 2.42. The molecule has 1 aliphatic carbocycles. The van der Waals surface area contributed by atoms with Crippen molar-refractivity contribution in [2.75, 3.05) is 19.8 Å². The second kappa shape index (κ2) is 14.7. The third-order valence-corrected chi connectivity index (χ3v) is 9.69. The van der Waals surface area contributed by atoms with Gasteiger partial charge in [-0.2, -0.15) is 0 Å². The Hall–Kier alpha value is -1.55. The van der Waals surface area contributed by atoms with Crippen molar-refractivity contribution in [1.82, 2.24) is 0 Å². The largest absolute Gasteiger partial charge is 0.465 e. The lowest BCUT2D eigenvalue weighted by Crippen LogP contribution is -2.35. The number of carbonyl (C=O) groups excluding carboxylic acids is 1. The monoisotopic (exact) mass is 570 g/mol. The predicted molar refractivity (Wildman–Crippen MR) is 149 cm³/mol. The summed E-state index contributed by atoms with van der Waals surface area (Å²) in [4.78, 5) is 12.7. The molecule has 2 aromatic rings. The predicted octanol–water partition coefficient (Wildman–Crippen LogP) is 5.74. The summed E-state index contributed by atoms with van der Waals surface area (Å²) in [6.45, 7) is 1.31. The molecule has 1 heterocycles. The highest BCUT2D eigenvalue weighted by atomic mass is 35.5. The second-order valence-corrected chi connectivity index (χ2v) is 11.9. The number of unbranched alkanes of at least 4 members (excludes halogenated alkanes) is 1. The van der Waals surface area contributed by atoms with Gasteiger partial charge in [0, 0.05) is 22.9 Å². The van der Waals surface area contributed by atoms with Crippen molar-refractivity contribution in [2.24, 2.45) is 17.3 Å². The molecule has 1 aromatic carbocycles. The van der Waals surface area contributed by atoms with E-state index in [1.54, 1.807) is 0 Å². The first kappa shape index (κ1) is 31.0. The molecule has 0 radical (unpaired) electrons. The van der Waals surface area contributed by atoms with E-state index >= 15 is 0 Å². The molecular weight excluding hydrogens is 531 g/mol. The van der Waals surface area contributed by atoms with Crippen LogP contribution in [0.2, 0.25) is 5.02 Å². The number of aliphatic hydroxyl groups is 4. The number of hydrogen-bond donors (Lipinski definition) is 4. The quantitative estimate of drug-likeness (QED) is 0.123. The van der Waals surface area contributed by atoms with Crippen LogP contribution in [-0.2, 0) is 9.53 Å². The number of benzene rings is 1. The Morgan fingerprint density at radius 3 is 2.68 bits per heavy atom. The molecule has 4 N–H and O–H groups in total. The summed E-state index contributed by atoms with van der Waals surface area (Å²) in [6.07, 6.45) is 4.66. The average molecular weight is 571 g/mol. The highest BCUT2D eigenvalue weighted by Crippen LogP contribution is 2.44. The number of aliphatic hydroxyl groups excluding tert-OH is 4. The maximum Gasteiger partial charge on any atom is 0.305 e. The van der Waals surface area contributed by atoms with Crippen LogP contribution in [0.25, 0.3) is 10.1 Å². The lowest BCUT2D eigenvalue weighted by Gasteiger charge is -2.27. The number of halogens is 2. The number of ether oxygens (including phenoxy) is 1. The molecule has 6 nitrogen and oxygen atoms in total. The smallest absolute Gasteiger partial charge is 0.305 e. The van der Waals surface area contributed by atoms with Crippen molar-refractivity contribution in [3.8, 4) is 0 Å². The molecular formula is C29H40ClFO6S. The van der Waals surface area contributed by atoms with Crippen molar-refractivity contribution in [3.05, 3.63) is 46.3 Å². The highest BCUT2D eigenvalue weighted by molar-refractivity contribution is 7.19. The molecule has 3 rings (SSSR count). The zero-order valence-electron chi connectivity index (χ0n) is 21.9. The summed E-state index contributed by atoms with van der Waals surface area (Å²) in [7, 11) is 0. The van der Waals surface area contributed by atoms with Gasteiger partial charge in [0.25, 0.3) is 0 Å². The minimum Gasteiger partial charge on any atom is -0.465 e. The van der Waals surface area contributed by atoms with Crippen LogP contribution >= 0.6 is 22.9 Å². The Morgan fingerprint density at radius 2 is 2.00 bits per heavy atom. The number of esters is 1. The summed E-state index contributed by atoms with van der Waals surface area (Å²) >= 11 is 7.95. The van der Waals surface area contributed by atoms with Gasteiger partial charge in [-0.3, -0.25) is 4.79 Å². The number of rotatable bonds is 15. The maximum absolute atomic E-state index is 14.8. The number of hydrogen-bond acceptors (Lipinski definition) is 7. The van der Waals surface area contributed by atoms with Gasteiger partial charge in [-0.25, -0.2) is 4.39 Å². The van der Waals surface area contributed by atoms with Gasteiger partial charge in [-0.1, -0.05) is 48.9 Å². The molecule has 38 heavy (non-hydrogen) atoms.